The molecule has 37 heavy (non-hydrogen) atoms. The van der Waals surface area contributed by atoms with Gasteiger partial charge in [0, 0.05) is 36.1 Å². The number of hydrogen-bond donors (Lipinski definition) is 1. The fraction of sp³-hybridized carbons (Fsp3) is 0.300. The molecule has 0 fully saturated rings. The predicted molar refractivity (Wildman–Crippen MR) is 150 cm³/mol. The van der Waals surface area contributed by atoms with Gasteiger partial charge >= 0.3 is 0 Å². The number of amides is 1. The van der Waals surface area contributed by atoms with Gasteiger partial charge in [0.1, 0.15) is 11.6 Å². The number of rotatable bonds is 10. The average molecular weight is 509 g/mol. The van der Waals surface area contributed by atoms with Crippen molar-refractivity contribution in [3.63, 3.8) is 0 Å². The summed E-state index contributed by atoms with van der Waals surface area (Å²) in [6.07, 6.45) is 9.26. The third-order valence-corrected chi connectivity index (χ3v) is 4.80. The molecule has 1 aromatic heterocycles. The van der Waals surface area contributed by atoms with Crippen LogP contribution in [0.5, 0.6) is 0 Å². The summed E-state index contributed by atoms with van der Waals surface area (Å²) in [6, 6.07) is 14.7. The first kappa shape index (κ1) is 31.2. The number of hydrogen-bond acceptors (Lipinski definition) is 3. The maximum Gasteiger partial charge on any atom is 0.207 e. The third kappa shape index (κ3) is 12.6. The lowest BCUT2D eigenvalue weighted by Gasteiger charge is -2.06. The van der Waals surface area contributed by atoms with E-state index in [2.05, 4.69) is 28.9 Å². The fourth-order valence-electron chi connectivity index (χ4n) is 3.02. The molecule has 3 aromatic rings. The average Bonchev–Trinajstić information content (AvgIpc) is 3.31. The first-order valence-corrected chi connectivity index (χ1v) is 12.4. The standard InChI is InChI=1S/C19H18F2N2.C7H11N.C4H9NO/c1-2-3-10-23-19(15-7-5-9-17(21)12-15)13-18(22-23)14-6-4-8-16(20)11-14;1-4-5-6-8-7(2)3;1-2-3-5-4-6/h4-9,11-13H,2-3,10H2,1H3;4-6H,2H2,1,3H3;4H,2-3H2,1H3,(H,5,6)/b;5-4-,8-6?;. The lowest BCUT2D eigenvalue weighted by molar-refractivity contribution is -0.109. The highest BCUT2D eigenvalue weighted by Crippen LogP contribution is 2.27. The molecule has 7 heteroatoms. The molecule has 5 nitrogen and oxygen atoms in total. The van der Waals surface area contributed by atoms with Crippen molar-refractivity contribution < 1.29 is 13.6 Å². The fourth-order valence-corrected chi connectivity index (χ4v) is 3.02. The van der Waals surface area contributed by atoms with E-state index in [-0.39, 0.29) is 11.6 Å². The van der Waals surface area contributed by atoms with E-state index in [1.54, 1.807) is 18.3 Å². The van der Waals surface area contributed by atoms with Crippen LogP contribution >= 0.6 is 0 Å². The van der Waals surface area contributed by atoms with Crippen molar-refractivity contribution in [3.05, 3.63) is 90.7 Å². The first-order chi connectivity index (χ1) is 17.9. The molecule has 0 saturated carbocycles. The van der Waals surface area contributed by atoms with E-state index in [9.17, 15) is 13.6 Å². The lowest BCUT2D eigenvalue weighted by Crippen LogP contribution is -2.10. The molecule has 0 saturated heterocycles. The van der Waals surface area contributed by atoms with Crippen molar-refractivity contribution >= 4 is 12.6 Å². The highest BCUT2D eigenvalue weighted by molar-refractivity contribution is 5.71. The van der Waals surface area contributed by atoms with Gasteiger partial charge < -0.3 is 5.32 Å². The number of aromatic nitrogens is 2. The van der Waals surface area contributed by atoms with Crippen molar-refractivity contribution in [1.82, 2.24) is 15.1 Å². The van der Waals surface area contributed by atoms with E-state index in [4.69, 9.17) is 0 Å². The zero-order chi connectivity index (χ0) is 27.5. The van der Waals surface area contributed by atoms with Gasteiger partial charge in [-0.2, -0.15) is 5.10 Å². The van der Waals surface area contributed by atoms with Gasteiger partial charge in [-0.05, 0) is 63.1 Å². The minimum Gasteiger partial charge on any atom is -0.359 e. The van der Waals surface area contributed by atoms with Crippen LogP contribution in [-0.2, 0) is 11.3 Å². The summed E-state index contributed by atoms with van der Waals surface area (Å²) in [5, 5.41) is 7.11. The molecule has 1 amide bonds. The number of aliphatic imine (C=N–C) groups is 1. The van der Waals surface area contributed by atoms with Crippen molar-refractivity contribution in [1.29, 1.82) is 0 Å². The number of carbonyl (C=O) groups excluding carboxylic acids is 1. The minimum absolute atomic E-state index is 0.280. The SMILES string of the molecule is C=C(C)N=C/C=C\C.CCCCn1nc(-c2cccc(F)c2)cc1-c1cccc(F)c1.CCCNC=O. The Hall–Kier alpha value is -3.87. The van der Waals surface area contributed by atoms with Crippen LogP contribution < -0.4 is 5.32 Å². The third-order valence-electron chi connectivity index (χ3n) is 4.80. The Kier molecular flexibility index (Phi) is 15.5. The van der Waals surface area contributed by atoms with E-state index in [0.29, 0.717) is 12.1 Å². The Morgan fingerprint density at radius 1 is 1.05 bits per heavy atom. The molecule has 0 atom stereocenters. The lowest BCUT2D eigenvalue weighted by atomic mass is 10.1. The quantitative estimate of drug-likeness (QED) is 0.174. The van der Waals surface area contributed by atoms with Crippen molar-refractivity contribution in [2.75, 3.05) is 6.54 Å². The molecule has 0 spiro atoms. The normalized spacial score (nSPS) is 10.4. The number of benzene rings is 2. The summed E-state index contributed by atoms with van der Waals surface area (Å²) in [7, 11) is 0. The summed E-state index contributed by atoms with van der Waals surface area (Å²) < 4.78 is 28.9. The molecule has 0 radical (unpaired) electrons. The number of unbranched alkanes of at least 4 members (excludes halogenated alkanes) is 1. The zero-order valence-corrected chi connectivity index (χ0v) is 22.3. The van der Waals surface area contributed by atoms with Crippen LogP contribution in [0.4, 0.5) is 8.78 Å². The molecule has 1 heterocycles. The number of carbonyl (C=O) groups is 1. The summed E-state index contributed by atoms with van der Waals surface area (Å²) in [6.45, 7) is 13.1. The Morgan fingerprint density at radius 2 is 1.70 bits per heavy atom. The van der Waals surface area contributed by atoms with Crippen LogP contribution in [0.1, 0.15) is 47.0 Å². The van der Waals surface area contributed by atoms with Gasteiger partial charge in [-0.3, -0.25) is 14.5 Å². The molecular weight excluding hydrogens is 470 g/mol. The molecule has 0 bridgehead atoms. The van der Waals surface area contributed by atoms with Crippen molar-refractivity contribution in [2.24, 2.45) is 4.99 Å². The van der Waals surface area contributed by atoms with Crippen LogP contribution in [0.25, 0.3) is 22.5 Å². The summed E-state index contributed by atoms with van der Waals surface area (Å²) >= 11 is 0. The second-order valence-corrected chi connectivity index (χ2v) is 8.12. The van der Waals surface area contributed by atoms with Crippen molar-refractivity contribution in [3.8, 4) is 22.5 Å². The maximum atomic E-state index is 13.5. The number of aryl methyl sites for hydroxylation is 1. The minimum atomic E-state index is -0.294. The maximum absolute atomic E-state index is 13.5. The largest absolute Gasteiger partial charge is 0.359 e. The summed E-state index contributed by atoms with van der Waals surface area (Å²) in [4.78, 5) is 13.4. The van der Waals surface area contributed by atoms with Crippen LogP contribution in [0.3, 0.4) is 0 Å². The van der Waals surface area contributed by atoms with E-state index < -0.39 is 0 Å². The highest BCUT2D eigenvalue weighted by atomic mass is 19.1. The smallest absolute Gasteiger partial charge is 0.207 e. The van der Waals surface area contributed by atoms with Gasteiger partial charge in [0.25, 0.3) is 0 Å². The molecular formula is C30H38F2N4O. The van der Waals surface area contributed by atoms with Gasteiger partial charge in [-0.15, -0.1) is 0 Å². The Bertz CT molecular complexity index is 1150. The summed E-state index contributed by atoms with van der Waals surface area (Å²) in [5.74, 6) is -0.573. The second-order valence-electron chi connectivity index (χ2n) is 8.12. The summed E-state index contributed by atoms with van der Waals surface area (Å²) in [5.41, 5.74) is 3.87. The Morgan fingerprint density at radius 3 is 2.22 bits per heavy atom. The molecule has 0 unspecified atom stereocenters. The van der Waals surface area contributed by atoms with Crippen LogP contribution in [-0.4, -0.2) is 28.9 Å². The first-order valence-electron chi connectivity index (χ1n) is 12.4. The number of allylic oxidation sites excluding steroid dienone is 3. The van der Waals surface area contributed by atoms with E-state index in [1.165, 1.54) is 24.3 Å². The molecule has 3 rings (SSSR count). The monoisotopic (exact) mass is 508 g/mol. The highest BCUT2D eigenvalue weighted by Gasteiger charge is 2.12. The number of nitrogens with zero attached hydrogens (tertiary/aromatic N) is 3. The van der Waals surface area contributed by atoms with Crippen LogP contribution in [0, 0.1) is 11.6 Å². The molecule has 0 aliphatic heterocycles. The number of halogens is 2. The topological polar surface area (TPSA) is 59.3 Å². The van der Waals surface area contributed by atoms with Crippen molar-refractivity contribution in [2.45, 2.75) is 53.5 Å². The van der Waals surface area contributed by atoms with Gasteiger partial charge in [0.15, 0.2) is 0 Å². The van der Waals surface area contributed by atoms with Gasteiger partial charge in [-0.1, -0.05) is 57.2 Å². The van der Waals surface area contributed by atoms with E-state index in [0.717, 1.165) is 54.9 Å². The van der Waals surface area contributed by atoms with E-state index >= 15 is 0 Å². The zero-order valence-electron chi connectivity index (χ0n) is 22.3. The second kappa shape index (κ2) is 18.4. The van der Waals surface area contributed by atoms with Crippen LogP contribution in [0.15, 0.2) is 84.0 Å². The molecule has 0 aliphatic rings. The Balaban J connectivity index is 0.000000405. The molecule has 2 aromatic carbocycles. The molecule has 1 N–H and O–H groups in total. The van der Waals surface area contributed by atoms with E-state index in [1.807, 2.05) is 55.8 Å². The van der Waals surface area contributed by atoms with Gasteiger partial charge in [0.2, 0.25) is 6.41 Å². The predicted octanol–water partition coefficient (Wildman–Crippen LogP) is 7.60. The molecule has 198 valence electrons. The number of nitrogens with one attached hydrogen (secondary N) is 1. The van der Waals surface area contributed by atoms with Gasteiger partial charge in [0.05, 0.1) is 11.4 Å². The van der Waals surface area contributed by atoms with Crippen LogP contribution in [0.2, 0.25) is 0 Å². The Labute approximate surface area is 219 Å². The molecule has 0 aliphatic carbocycles. The van der Waals surface area contributed by atoms with Gasteiger partial charge in [-0.25, -0.2) is 8.78 Å².